The second kappa shape index (κ2) is 6.16. The van der Waals surface area contributed by atoms with E-state index >= 15 is 0 Å². The summed E-state index contributed by atoms with van der Waals surface area (Å²) in [6.45, 7) is 1.88. The fraction of sp³-hybridized carbons (Fsp3) is 0.500. The Hall–Kier alpha value is -2.04. The van der Waals surface area contributed by atoms with Gasteiger partial charge in [0.2, 0.25) is 0 Å². The van der Waals surface area contributed by atoms with Crippen molar-refractivity contribution in [3.8, 4) is 0 Å². The number of fused-ring (bicyclic) bond motifs is 1. The van der Waals surface area contributed by atoms with Crippen molar-refractivity contribution in [2.24, 2.45) is 4.99 Å². The summed E-state index contributed by atoms with van der Waals surface area (Å²) in [6.07, 6.45) is 3.62. The number of carbonyl (C=O) groups is 1. The summed E-state index contributed by atoms with van der Waals surface area (Å²) in [5.74, 6) is 1.19. The van der Waals surface area contributed by atoms with Crippen LogP contribution in [0.5, 0.6) is 0 Å². The highest BCUT2D eigenvalue weighted by molar-refractivity contribution is 5.87. The van der Waals surface area contributed by atoms with Crippen molar-refractivity contribution in [3.63, 3.8) is 0 Å². The number of alkyl carbamates (subject to hydrolysis) is 1. The summed E-state index contributed by atoms with van der Waals surface area (Å²) in [6, 6.07) is 8.56. The van der Waals surface area contributed by atoms with Crippen LogP contribution >= 0.6 is 0 Å². The summed E-state index contributed by atoms with van der Waals surface area (Å²) in [5.41, 5.74) is 2.44. The van der Waals surface area contributed by atoms with Crippen LogP contribution in [0.1, 0.15) is 24.8 Å². The Balaban J connectivity index is 1.60. The highest BCUT2D eigenvalue weighted by Crippen LogP contribution is 2.27. The Labute approximate surface area is 125 Å². The Morgan fingerprint density at radius 2 is 2.05 bits per heavy atom. The maximum atomic E-state index is 11.2. The molecule has 21 heavy (non-hydrogen) atoms. The van der Waals surface area contributed by atoms with E-state index in [0.29, 0.717) is 0 Å². The topological polar surface area (TPSA) is 53.9 Å². The first-order valence-corrected chi connectivity index (χ1v) is 7.51. The molecule has 0 radical (unpaired) electrons. The van der Waals surface area contributed by atoms with Crippen LogP contribution < -0.4 is 5.32 Å². The molecule has 1 N–H and O–H groups in total. The number of amides is 1. The van der Waals surface area contributed by atoms with Crippen LogP contribution in [0.15, 0.2) is 29.3 Å². The van der Waals surface area contributed by atoms with Crippen LogP contribution in [0, 0.1) is 0 Å². The average molecular weight is 287 g/mol. The van der Waals surface area contributed by atoms with Crippen molar-refractivity contribution in [3.05, 3.63) is 29.8 Å². The minimum absolute atomic E-state index is 0.213. The molecule has 1 aromatic carbocycles. The molecule has 0 aromatic heterocycles. The van der Waals surface area contributed by atoms with Crippen molar-refractivity contribution in [1.29, 1.82) is 0 Å². The van der Waals surface area contributed by atoms with Gasteiger partial charge in [0.15, 0.2) is 0 Å². The number of rotatable bonds is 1. The first-order valence-electron chi connectivity index (χ1n) is 7.51. The quantitative estimate of drug-likeness (QED) is 0.863. The lowest BCUT2D eigenvalue weighted by Gasteiger charge is -2.35. The molecule has 2 aliphatic heterocycles. The largest absolute Gasteiger partial charge is 0.453 e. The molecule has 5 nitrogen and oxygen atoms in total. The number of hydrogen-bond donors (Lipinski definition) is 1. The first-order chi connectivity index (χ1) is 10.3. The van der Waals surface area contributed by atoms with Gasteiger partial charge in [0.25, 0.3) is 0 Å². The Morgan fingerprint density at radius 3 is 2.81 bits per heavy atom. The Bertz CT molecular complexity index is 548. The molecule has 1 fully saturated rings. The number of amidine groups is 1. The predicted octanol–water partition coefficient (Wildman–Crippen LogP) is 2.48. The van der Waals surface area contributed by atoms with Gasteiger partial charge in [0, 0.05) is 25.6 Å². The average Bonchev–Trinajstić information content (AvgIpc) is 2.55. The van der Waals surface area contributed by atoms with E-state index in [-0.39, 0.29) is 12.1 Å². The van der Waals surface area contributed by atoms with E-state index in [1.165, 1.54) is 18.5 Å². The van der Waals surface area contributed by atoms with Crippen LogP contribution in [0.3, 0.4) is 0 Å². The number of para-hydroxylation sites is 1. The van der Waals surface area contributed by atoms with Gasteiger partial charge in [-0.2, -0.15) is 0 Å². The smallest absolute Gasteiger partial charge is 0.407 e. The van der Waals surface area contributed by atoms with E-state index in [1.807, 2.05) is 6.07 Å². The van der Waals surface area contributed by atoms with E-state index < -0.39 is 0 Å². The second-order valence-corrected chi connectivity index (χ2v) is 5.55. The summed E-state index contributed by atoms with van der Waals surface area (Å²) in [7, 11) is 1.40. The monoisotopic (exact) mass is 287 g/mol. The zero-order valence-corrected chi connectivity index (χ0v) is 12.3. The number of nitrogens with one attached hydrogen (secondary N) is 1. The van der Waals surface area contributed by atoms with Crippen molar-refractivity contribution < 1.29 is 9.53 Å². The zero-order valence-electron chi connectivity index (χ0n) is 12.3. The number of aliphatic imine (C=N–C) groups is 1. The molecule has 0 spiro atoms. The van der Waals surface area contributed by atoms with Gasteiger partial charge in [-0.25, -0.2) is 9.79 Å². The Morgan fingerprint density at radius 1 is 1.29 bits per heavy atom. The van der Waals surface area contributed by atoms with E-state index in [2.05, 4.69) is 33.2 Å². The van der Waals surface area contributed by atoms with Crippen LogP contribution in [-0.4, -0.2) is 43.1 Å². The number of hydrogen-bond acceptors (Lipinski definition) is 4. The van der Waals surface area contributed by atoms with Gasteiger partial charge in [-0.15, -0.1) is 0 Å². The molecule has 1 saturated heterocycles. The molecule has 1 amide bonds. The third-order valence-corrected chi connectivity index (χ3v) is 4.23. The molecular weight excluding hydrogens is 266 g/mol. The number of likely N-dealkylation sites (tertiary alicyclic amines) is 1. The first kappa shape index (κ1) is 13.9. The fourth-order valence-electron chi connectivity index (χ4n) is 3.01. The van der Waals surface area contributed by atoms with E-state index in [1.54, 1.807) is 0 Å². The van der Waals surface area contributed by atoms with Crippen molar-refractivity contribution in [2.45, 2.75) is 31.7 Å². The lowest BCUT2D eigenvalue weighted by molar-refractivity contribution is 0.160. The molecule has 0 atom stereocenters. The van der Waals surface area contributed by atoms with Crippen LogP contribution in [-0.2, 0) is 11.2 Å². The van der Waals surface area contributed by atoms with Gasteiger partial charge >= 0.3 is 6.09 Å². The number of benzene rings is 1. The number of ether oxygens (including phenoxy) is 1. The van der Waals surface area contributed by atoms with Crippen molar-refractivity contribution >= 4 is 17.6 Å². The van der Waals surface area contributed by atoms with Crippen molar-refractivity contribution in [2.75, 3.05) is 20.2 Å². The van der Waals surface area contributed by atoms with E-state index in [0.717, 1.165) is 44.5 Å². The summed E-state index contributed by atoms with van der Waals surface area (Å²) >= 11 is 0. The van der Waals surface area contributed by atoms with Crippen LogP contribution in [0.25, 0.3) is 0 Å². The lowest BCUT2D eigenvalue weighted by atomic mass is 10.0. The molecule has 0 saturated carbocycles. The van der Waals surface area contributed by atoms with E-state index in [9.17, 15) is 4.79 Å². The molecule has 112 valence electrons. The lowest BCUT2D eigenvalue weighted by Crippen LogP contribution is -2.46. The maximum Gasteiger partial charge on any atom is 0.407 e. The molecule has 0 aliphatic carbocycles. The number of carbonyl (C=O) groups excluding carboxylic acids is 1. The molecule has 0 unspecified atom stereocenters. The maximum absolute atomic E-state index is 11.2. The van der Waals surface area contributed by atoms with Crippen molar-refractivity contribution in [1.82, 2.24) is 10.2 Å². The highest BCUT2D eigenvalue weighted by atomic mass is 16.5. The highest BCUT2D eigenvalue weighted by Gasteiger charge is 2.24. The van der Waals surface area contributed by atoms with Crippen LogP contribution in [0.2, 0.25) is 0 Å². The number of aryl methyl sites for hydroxylation is 1. The fourth-order valence-corrected chi connectivity index (χ4v) is 3.01. The predicted molar refractivity (Wildman–Crippen MR) is 82.0 cm³/mol. The molecule has 5 heteroatoms. The van der Waals surface area contributed by atoms with Gasteiger partial charge in [0.05, 0.1) is 12.8 Å². The normalized spacial score (nSPS) is 18.7. The standard InChI is InChI=1S/C16H21N3O2/c1-21-16(20)17-13-8-10-19(11-9-13)15-7-6-12-4-2-3-5-14(12)18-15/h2-5,13H,6-11H2,1H3,(H,17,20). The molecular formula is C16H21N3O2. The van der Waals surface area contributed by atoms with E-state index in [4.69, 9.17) is 4.99 Å². The van der Waals surface area contributed by atoms with Gasteiger partial charge in [-0.05, 0) is 30.9 Å². The molecule has 3 rings (SSSR count). The number of nitrogens with zero attached hydrogens (tertiary/aromatic N) is 2. The summed E-state index contributed by atoms with van der Waals surface area (Å²) < 4.78 is 4.65. The SMILES string of the molecule is COC(=O)NC1CCN(C2=Nc3ccccc3CC2)CC1. The minimum Gasteiger partial charge on any atom is -0.453 e. The summed E-state index contributed by atoms with van der Waals surface area (Å²) in [4.78, 5) is 18.4. The van der Waals surface area contributed by atoms with Gasteiger partial charge in [0.1, 0.15) is 5.84 Å². The van der Waals surface area contributed by atoms with Crippen LogP contribution in [0.4, 0.5) is 10.5 Å². The Kier molecular flexibility index (Phi) is 4.08. The molecule has 0 bridgehead atoms. The van der Waals surface area contributed by atoms with Gasteiger partial charge < -0.3 is 15.0 Å². The van der Waals surface area contributed by atoms with Gasteiger partial charge in [-0.3, -0.25) is 0 Å². The summed E-state index contributed by atoms with van der Waals surface area (Å²) in [5, 5.41) is 2.88. The third kappa shape index (κ3) is 3.17. The molecule has 2 heterocycles. The number of piperidine rings is 1. The minimum atomic E-state index is -0.336. The zero-order chi connectivity index (χ0) is 14.7. The third-order valence-electron chi connectivity index (χ3n) is 4.23. The number of methoxy groups -OCH3 is 1. The molecule has 1 aromatic rings. The second-order valence-electron chi connectivity index (χ2n) is 5.55. The van der Waals surface area contributed by atoms with Gasteiger partial charge in [-0.1, -0.05) is 18.2 Å². The molecule has 2 aliphatic rings.